The van der Waals surface area contributed by atoms with Crippen molar-refractivity contribution in [2.24, 2.45) is 5.73 Å². The van der Waals surface area contributed by atoms with Crippen molar-refractivity contribution < 1.29 is 13.9 Å². The number of oxazole rings is 1. The number of nitrogens with zero attached hydrogens (tertiary/aromatic N) is 2. The number of ether oxygens (including phenoxy) is 1. The first kappa shape index (κ1) is 13.3. The lowest BCUT2D eigenvalue weighted by Gasteiger charge is -2.41. The molecule has 2 aliphatic heterocycles. The summed E-state index contributed by atoms with van der Waals surface area (Å²) in [5.41, 5.74) is 6.43. The first-order valence-corrected chi connectivity index (χ1v) is 7.80. The van der Waals surface area contributed by atoms with Gasteiger partial charge in [0, 0.05) is 19.6 Å². The monoisotopic (exact) mass is 291 g/mol. The highest BCUT2D eigenvalue weighted by molar-refractivity contribution is 5.87. The highest BCUT2D eigenvalue weighted by Gasteiger charge is 2.43. The molecule has 6 heteroatoms. The van der Waals surface area contributed by atoms with Gasteiger partial charge in [0.05, 0.1) is 24.6 Å². The Morgan fingerprint density at radius 3 is 2.95 bits per heavy atom. The molecule has 1 aliphatic carbocycles. The number of rotatable bonds is 2. The van der Waals surface area contributed by atoms with Crippen LogP contribution in [-0.2, 0) is 22.5 Å². The third-order valence-corrected chi connectivity index (χ3v) is 4.98. The van der Waals surface area contributed by atoms with Gasteiger partial charge in [-0.2, -0.15) is 0 Å². The summed E-state index contributed by atoms with van der Waals surface area (Å²) >= 11 is 0. The number of carbonyl (C=O) groups is 1. The molecule has 1 aromatic heterocycles. The first-order valence-electron chi connectivity index (χ1n) is 7.80. The van der Waals surface area contributed by atoms with Gasteiger partial charge in [-0.25, -0.2) is 4.98 Å². The van der Waals surface area contributed by atoms with E-state index in [1.54, 1.807) is 0 Å². The summed E-state index contributed by atoms with van der Waals surface area (Å²) < 4.78 is 11.3. The largest absolute Gasteiger partial charge is 0.445 e. The lowest BCUT2D eigenvalue weighted by molar-refractivity contribution is -0.141. The highest BCUT2D eigenvalue weighted by Crippen LogP contribution is 2.33. The number of carbonyl (C=O) groups excluding carboxylic acids is 1. The molecule has 3 heterocycles. The van der Waals surface area contributed by atoms with Crippen LogP contribution in [-0.4, -0.2) is 41.1 Å². The van der Waals surface area contributed by atoms with Gasteiger partial charge in [0.25, 0.3) is 0 Å². The van der Waals surface area contributed by atoms with E-state index >= 15 is 0 Å². The molecule has 2 N–H and O–H groups in total. The molecule has 1 unspecified atom stereocenters. The summed E-state index contributed by atoms with van der Waals surface area (Å²) in [6, 6.07) is 0. The van der Waals surface area contributed by atoms with Crippen molar-refractivity contribution in [3.05, 3.63) is 17.3 Å². The first-order chi connectivity index (χ1) is 10.2. The fourth-order valence-corrected chi connectivity index (χ4v) is 3.38. The fraction of sp³-hybridized carbons (Fsp3) is 0.733. The molecule has 6 nitrogen and oxygen atoms in total. The van der Waals surface area contributed by atoms with E-state index < -0.39 is 5.54 Å². The molecular formula is C15H21N3O3. The maximum Gasteiger partial charge on any atom is 0.243 e. The van der Waals surface area contributed by atoms with Crippen LogP contribution in [0.25, 0.3) is 0 Å². The minimum absolute atomic E-state index is 0.0770. The van der Waals surface area contributed by atoms with Crippen molar-refractivity contribution in [3.8, 4) is 0 Å². The van der Waals surface area contributed by atoms with Gasteiger partial charge in [-0.15, -0.1) is 0 Å². The molecule has 4 rings (SSSR count). The van der Waals surface area contributed by atoms with E-state index in [4.69, 9.17) is 14.9 Å². The Morgan fingerprint density at radius 1 is 1.43 bits per heavy atom. The van der Waals surface area contributed by atoms with Crippen LogP contribution < -0.4 is 5.73 Å². The van der Waals surface area contributed by atoms with E-state index in [0.29, 0.717) is 19.7 Å². The molecule has 21 heavy (non-hydrogen) atoms. The highest BCUT2D eigenvalue weighted by atomic mass is 16.5. The number of hydrogen-bond acceptors (Lipinski definition) is 5. The molecule has 1 amide bonds. The second-order valence-electron chi connectivity index (χ2n) is 6.47. The third-order valence-electron chi connectivity index (χ3n) is 4.98. The van der Waals surface area contributed by atoms with E-state index in [2.05, 4.69) is 4.98 Å². The quantitative estimate of drug-likeness (QED) is 0.877. The maximum atomic E-state index is 12.5. The molecule has 0 spiro atoms. The summed E-state index contributed by atoms with van der Waals surface area (Å²) in [5.74, 6) is 2.05. The van der Waals surface area contributed by atoms with E-state index in [1.807, 2.05) is 4.90 Å². The van der Waals surface area contributed by atoms with Gasteiger partial charge in [0.15, 0.2) is 5.89 Å². The Hall–Kier alpha value is -1.40. The van der Waals surface area contributed by atoms with Crippen molar-refractivity contribution in [1.29, 1.82) is 0 Å². The second-order valence-corrected chi connectivity index (χ2v) is 6.47. The van der Waals surface area contributed by atoms with Crippen LogP contribution in [0.5, 0.6) is 0 Å². The van der Waals surface area contributed by atoms with E-state index in [9.17, 15) is 4.79 Å². The summed E-state index contributed by atoms with van der Waals surface area (Å²) in [5, 5.41) is 0. The van der Waals surface area contributed by atoms with Gasteiger partial charge in [0.1, 0.15) is 11.5 Å². The molecular weight excluding hydrogens is 270 g/mol. The minimum Gasteiger partial charge on any atom is -0.445 e. The second kappa shape index (κ2) is 4.81. The van der Waals surface area contributed by atoms with E-state index in [-0.39, 0.29) is 11.8 Å². The lowest BCUT2D eigenvalue weighted by Crippen LogP contribution is -2.60. The molecule has 1 saturated carbocycles. The number of aromatic nitrogens is 1. The van der Waals surface area contributed by atoms with Crippen LogP contribution in [0, 0.1) is 0 Å². The summed E-state index contributed by atoms with van der Waals surface area (Å²) in [6.45, 7) is 2.68. The van der Waals surface area contributed by atoms with Gasteiger partial charge < -0.3 is 19.8 Å². The molecule has 2 fully saturated rings. The number of fused-ring (bicyclic) bond motifs is 1. The maximum absolute atomic E-state index is 12.5. The summed E-state index contributed by atoms with van der Waals surface area (Å²) in [6.07, 6.45) is 4.36. The van der Waals surface area contributed by atoms with Crippen LogP contribution in [0.2, 0.25) is 0 Å². The van der Waals surface area contributed by atoms with E-state index in [1.165, 1.54) is 0 Å². The zero-order valence-corrected chi connectivity index (χ0v) is 12.1. The molecule has 114 valence electrons. The van der Waals surface area contributed by atoms with Crippen LogP contribution in [0.1, 0.15) is 48.9 Å². The topological polar surface area (TPSA) is 81.6 Å². The molecule has 0 bridgehead atoms. The molecule has 3 aliphatic rings. The zero-order chi connectivity index (χ0) is 14.4. The van der Waals surface area contributed by atoms with Crippen molar-refractivity contribution in [2.45, 2.75) is 50.1 Å². The SMILES string of the molecule is NC1(C(=O)N2CCc3oc(C4CCOC4)nc3C2)CCC1. The number of nitrogens with two attached hydrogens (primary N) is 1. The van der Waals surface area contributed by atoms with Crippen LogP contribution in [0.3, 0.4) is 0 Å². The van der Waals surface area contributed by atoms with E-state index in [0.717, 1.165) is 56.1 Å². The van der Waals surface area contributed by atoms with Crippen molar-refractivity contribution >= 4 is 5.91 Å². The Labute approximate surface area is 123 Å². The fourth-order valence-electron chi connectivity index (χ4n) is 3.38. The van der Waals surface area contributed by atoms with Crippen LogP contribution in [0.15, 0.2) is 4.42 Å². The third kappa shape index (κ3) is 2.17. The van der Waals surface area contributed by atoms with Gasteiger partial charge in [0.2, 0.25) is 5.91 Å². The normalized spacial score (nSPS) is 27.3. The molecule has 1 aromatic rings. The van der Waals surface area contributed by atoms with Crippen molar-refractivity contribution in [1.82, 2.24) is 9.88 Å². The van der Waals surface area contributed by atoms with Crippen molar-refractivity contribution in [2.75, 3.05) is 19.8 Å². The van der Waals surface area contributed by atoms with Crippen LogP contribution in [0.4, 0.5) is 0 Å². The molecule has 0 aromatic carbocycles. The molecule has 1 saturated heterocycles. The Kier molecular flexibility index (Phi) is 3.04. The molecule has 0 radical (unpaired) electrons. The standard InChI is InChI=1S/C15H21N3O3/c16-15(4-1-5-15)14(19)18-6-2-12-11(8-18)17-13(21-12)10-3-7-20-9-10/h10H,1-9,16H2. The number of amides is 1. The molecule has 1 atom stereocenters. The lowest BCUT2D eigenvalue weighted by atomic mass is 9.76. The average molecular weight is 291 g/mol. The zero-order valence-electron chi connectivity index (χ0n) is 12.1. The summed E-state index contributed by atoms with van der Waals surface area (Å²) in [4.78, 5) is 19.0. The van der Waals surface area contributed by atoms with Crippen LogP contribution >= 0.6 is 0 Å². The Balaban J connectivity index is 1.50. The van der Waals surface area contributed by atoms with Gasteiger partial charge >= 0.3 is 0 Å². The Bertz CT molecular complexity index is 559. The van der Waals surface area contributed by atoms with Gasteiger partial charge in [-0.1, -0.05) is 0 Å². The predicted molar refractivity (Wildman–Crippen MR) is 74.6 cm³/mol. The van der Waals surface area contributed by atoms with Gasteiger partial charge in [-0.05, 0) is 25.7 Å². The average Bonchev–Trinajstić information content (AvgIpc) is 3.11. The summed E-state index contributed by atoms with van der Waals surface area (Å²) in [7, 11) is 0. The van der Waals surface area contributed by atoms with Gasteiger partial charge in [-0.3, -0.25) is 4.79 Å². The van der Waals surface area contributed by atoms with Crippen molar-refractivity contribution in [3.63, 3.8) is 0 Å². The number of hydrogen-bond donors (Lipinski definition) is 1. The smallest absolute Gasteiger partial charge is 0.243 e. The minimum atomic E-state index is -0.622. The Morgan fingerprint density at radius 2 is 2.29 bits per heavy atom. The predicted octanol–water partition coefficient (Wildman–Crippen LogP) is 0.945.